The molecule has 1 N–H and O–H groups in total. The van der Waals surface area contributed by atoms with Crippen LogP contribution in [0.3, 0.4) is 0 Å². The summed E-state index contributed by atoms with van der Waals surface area (Å²) in [7, 11) is 1.99. The monoisotopic (exact) mass is 237 g/mol. The summed E-state index contributed by atoms with van der Waals surface area (Å²) in [6.45, 7) is 3.05. The second kappa shape index (κ2) is 6.22. The highest BCUT2D eigenvalue weighted by molar-refractivity contribution is 5.10. The van der Waals surface area contributed by atoms with Crippen molar-refractivity contribution < 1.29 is 9.15 Å². The van der Waals surface area contributed by atoms with Gasteiger partial charge >= 0.3 is 0 Å². The average molecular weight is 237 g/mol. The van der Waals surface area contributed by atoms with E-state index in [1.54, 1.807) is 0 Å². The largest absolute Gasteiger partial charge is 0.464 e. The van der Waals surface area contributed by atoms with E-state index >= 15 is 0 Å². The normalized spacial score (nSPS) is 21.9. The Hall–Kier alpha value is -0.800. The predicted molar refractivity (Wildman–Crippen MR) is 68.1 cm³/mol. The van der Waals surface area contributed by atoms with E-state index in [2.05, 4.69) is 24.4 Å². The SMILES string of the molecule is CCc1ccc(C(CCC2CCCO2)NC)o1. The summed E-state index contributed by atoms with van der Waals surface area (Å²) in [4.78, 5) is 0. The first-order valence-electron chi connectivity index (χ1n) is 6.71. The number of nitrogens with one attached hydrogen (secondary N) is 1. The topological polar surface area (TPSA) is 34.4 Å². The molecule has 96 valence electrons. The van der Waals surface area contributed by atoms with Gasteiger partial charge in [-0.1, -0.05) is 6.92 Å². The van der Waals surface area contributed by atoms with Crippen LogP contribution in [0.2, 0.25) is 0 Å². The fourth-order valence-corrected chi connectivity index (χ4v) is 2.43. The summed E-state index contributed by atoms with van der Waals surface area (Å²) in [6.07, 6.45) is 6.06. The van der Waals surface area contributed by atoms with Crippen LogP contribution < -0.4 is 5.32 Å². The Labute approximate surface area is 104 Å². The molecular weight excluding hydrogens is 214 g/mol. The summed E-state index contributed by atoms with van der Waals surface area (Å²) in [5.74, 6) is 2.12. The molecule has 3 heteroatoms. The molecule has 1 saturated heterocycles. The van der Waals surface area contributed by atoms with Crippen molar-refractivity contribution in [1.82, 2.24) is 5.32 Å². The summed E-state index contributed by atoms with van der Waals surface area (Å²) < 4.78 is 11.4. The van der Waals surface area contributed by atoms with Crippen molar-refractivity contribution in [2.45, 2.75) is 51.2 Å². The zero-order chi connectivity index (χ0) is 12.1. The van der Waals surface area contributed by atoms with Crippen molar-refractivity contribution in [3.8, 4) is 0 Å². The van der Waals surface area contributed by atoms with Crippen LogP contribution in [0.4, 0.5) is 0 Å². The zero-order valence-electron chi connectivity index (χ0n) is 10.9. The Kier molecular flexibility index (Phi) is 4.63. The minimum Gasteiger partial charge on any atom is -0.464 e. The number of hydrogen-bond donors (Lipinski definition) is 1. The van der Waals surface area contributed by atoms with Gasteiger partial charge in [-0.25, -0.2) is 0 Å². The van der Waals surface area contributed by atoms with Gasteiger partial charge in [-0.3, -0.25) is 0 Å². The van der Waals surface area contributed by atoms with E-state index in [1.165, 1.54) is 12.8 Å². The molecule has 0 spiro atoms. The lowest BCUT2D eigenvalue weighted by Gasteiger charge is -2.16. The van der Waals surface area contributed by atoms with Crippen molar-refractivity contribution in [3.05, 3.63) is 23.7 Å². The first-order valence-corrected chi connectivity index (χ1v) is 6.71. The Morgan fingerprint density at radius 2 is 2.35 bits per heavy atom. The molecule has 0 amide bonds. The standard InChI is InChI=1S/C14H23NO2/c1-3-11-7-9-14(17-11)13(15-2)8-6-12-5-4-10-16-12/h7,9,12-13,15H,3-6,8,10H2,1-2H3. The number of hydrogen-bond acceptors (Lipinski definition) is 3. The molecule has 1 aliphatic heterocycles. The maximum atomic E-state index is 5.80. The first kappa shape index (κ1) is 12.7. The molecule has 0 bridgehead atoms. The van der Waals surface area contributed by atoms with Gasteiger partial charge in [-0.05, 0) is 44.9 Å². The van der Waals surface area contributed by atoms with Crippen LogP contribution in [0.15, 0.2) is 16.5 Å². The third-order valence-corrected chi connectivity index (χ3v) is 3.52. The minimum absolute atomic E-state index is 0.319. The molecule has 2 atom stereocenters. The minimum atomic E-state index is 0.319. The van der Waals surface area contributed by atoms with Crippen LogP contribution in [0, 0.1) is 0 Å². The molecule has 2 heterocycles. The van der Waals surface area contributed by atoms with Crippen LogP contribution in [0.5, 0.6) is 0 Å². The molecule has 3 nitrogen and oxygen atoms in total. The molecule has 1 aromatic heterocycles. The highest BCUT2D eigenvalue weighted by Gasteiger charge is 2.19. The van der Waals surface area contributed by atoms with Gasteiger partial charge in [-0.15, -0.1) is 0 Å². The molecule has 17 heavy (non-hydrogen) atoms. The van der Waals surface area contributed by atoms with E-state index in [0.717, 1.165) is 37.4 Å². The van der Waals surface area contributed by atoms with Gasteiger partial charge in [0, 0.05) is 13.0 Å². The van der Waals surface area contributed by atoms with Gasteiger partial charge in [0.25, 0.3) is 0 Å². The van der Waals surface area contributed by atoms with Crippen molar-refractivity contribution in [3.63, 3.8) is 0 Å². The molecule has 2 unspecified atom stereocenters. The number of rotatable bonds is 6. The first-order chi connectivity index (χ1) is 8.33. The van der Waals surface area contributed by atoms with Gasteiger partial charge in [0.2, 0.25) is 0 Å². The van der Waals surface area contributed by atoms with Crippen LogP contribution in [0.1, 0.15) is 50.2 Å². The molecule has 0 aromatic carbocycles. The summed E-state index contributed by atoms with van der Waals surface area (Å²) >= 11 is 0. The number of furan rings is 1. The third kappa shape index (κ3) is 3.33. The van der Waals surface area contributed by atoms with E-state index in [9.17, 15) is 0 Å². The van der Waals surface area contributed by atoms with E-state index in [-0.39, 0.29) is 0 Å². The molecule has 1 aromatic rings. The van der Waals surface area contributed by atoms with Crippen molar-refractivity contribution in [2.75, 3.05) is 13.7 Å². The molecule has 0 saturated carbocycles. The maximum absolute atomic E-state index is 5.80. The van der Waals surface area contributed by atoms with Crippen LogP contribution >= 0.6 is 0 Å². The van der Waals surface area contributed by atoms with Crippen LogP contribution in [-0.2, 0) is 11.2 Å². The Balaban J connectivity index is 1.86. The van der Waals surface area contributed by atoms with Gasteiger partial charge in [0.15, 0.2) is 0 Å². The zero-order valence-corrected chi connectivity index (χ0v) is 10.9. The van der Waals surface area contributed by atoms with Crippen LogP contribution in [0.25, 0.3) is 0 Å². The van der Waals surface area contributed by atoms with Gasteiger partial charge < -0.3 is 14.5 Å². The summed E-state index contributed by atoms with van der Waals surface area (Å²) in [5, 5.41) is 3.33. The molecule has 2 rings (SSSR count). The fraction of sp³-hybridized carbons (Fsp3) is 0.714. The van der Waals surface area contributed by atoms with Gasteiger partial charge in [0.05, 0.1) is 12.1 Å². The van der Waals surface area contributed by atoms with Crippen molar-refractivity contribution in [2.24, 2.45) is 0 Å². The van der Waals surface area contributed by atoms with E-state index in [0.29, 0.717) is 12.1 Å². The molecule has 1 fully saturated rings. The Bertz CT molecular complexity index is 329. The molecule has 1 aliphatic rings. The average Bonchev–Trinajstić information content (AvgIpc) is 3.00. The lowest BCUT2D eigenvalue weighted by molar-refractivity contribution is 0.0991. The lowest BCUT2D eigenvalue weighted by Crippen LogP contribution is -2.18. The van der Waals surface area contributed by atoms with Gasteiger partial charge in [0.1, 0.15) is 11.5 Å². The summed E-state index contributed by atoms with van der Waals surface area (Å²) in [5.41, 5.74) is 0. The van der Waals surface area contributed by atoms with E-state index < -0.39 is 0 Å². The Morgan fingerprint density at radius 1 is 1.47 bits per heavy atom. The highest BCUT2D eigenvalue weighted by Crippen LogP contribution is 2.25. The molecule has 0 aliphatic carbocycles. The Morgan fingerprint density at radius 3 is 2.94 bits per heavy atom. The lowest BCUT2D eigenvalue weighted by atomic mass is 10.0. The quantitative estimate of drug-likeness (QED) is 0.825. The van der Waals surface area contributed by atoms with Crippen LogP contribution in [-0.4, -0.2) is 19.8 Å². The fourth-order valence-electron chi connectivity index (χ4n) is 2.43. The van der Waals surface area contributed by atoms with Crippen molar-refractivity contribution in [1.29, 1.82) is 0 Å². The van der Waals surface area contributed by atoms with Crippen molar-refractivity contribution >= 4 is 0 Å². The number of ether oxygens (including phenoxy) is 1. The maximum Gasteiger partial charge on any atom is 0.121 e. The van der Waals surface area contributed by atoms with Gasteiger partial charge in [-0.2, -0.15) is 0 Å². The summed E-state index contributed by atoms with van der Waals surface area (Å²) in [6, 6.07) is 4.49. The molecular formula is C14H23NO2. The molecule has 0 radical (unpaired) electrons. The highest BCUT2D eigenvalue weighted by atomic mass is 16.5. The van der Waals surface area contributed by atoms with E-state index in [4.69, 9.17) is 9.15 Å². The smallest absolute Gasteiger partial charge is 0.121 e. The third-order valence-electron chi connectivity index (χ3n) is 3.52. The second-order valence-corrected chi connectivity index (χ2v) is 4.71. The predicted octanol–water partition coefficient (Wildman–Crippen LogP) is 3.06. The van der Waals surface area contributed by atoms with E-state index in [1.807, 2.05) is 7.05 Å². The number of aryl methyl sites for hydroxylation is 1. The second-order valence-electron chi connectivity index (χ2n) is 4.71.